The van der Waals surface area contributed by atoms with Crippen LogP contribution in [0.2, 0.25) is 0 Å². The van der Waals surface area contributed by atoms with E-state index in [0.717, 1.165) is 96.3 Å². The number of esters is 3. The number of carbonyl (C=O) groups excluding carboxylic acids is 3. The van der Waals surface area contributed by atoms with Crippen LogP contribution in [0.25, 0.3) is 0 Å². The molecule has 0 aromatic rings. The van der Waals surface area contributed by atoms with Crippen molar-refractivity contribution in [1.82, 2.24) is 0 Å². The largest absolute Gasteiger partial charge is 0.462 e. The zero-order chi connectivity index (χ0) is 57.1. The zero-order valence-electron chi connectivity index (χ0n) is 51.6. The molecule has 0 aromatic carbocycles. The van der Waals surface area contributed by atoms with E-state index in [0.29, 0.717) is 19.3 Å². The molecule has 79 heavy (non-hydrogen) atoms. The normalized spacial score (nSPS) is 12.9. The molecule has 0 aromatic heterocycles. The fourth-order valence-electron chi connectivity index (χ4n) is 8.99. The first-order valence-corrected chi connectivity index (χ1v) is 33.0. The van der Waals surface area contributed by atoms with Gasteiger partial charge in [0.15, 0.2) is 6.10 Å². The van der Waals surface area contributed by atoms with Gasteiger partial charge in [0.05, 0.1) is 0 Å². The van der Waals surface area contributed by atoms with Gasteiger partial charge in [0.2, 0.25) is 0 Å². The van der Waals surface area contributed by atoms with E-state index < -0.39 is 6.10 Å². The minimum absolute atomic E-state index is 0.101. The second-order valence-corrected chi connectivity index (χ2v) is 21.6. The summed E-state index contributed by atoms with van der Waals surface area (Å²) in [5.41, 5.74) is 0. The molecule has 0 heterocycles. The molecule has 1 unspecified atom stereocenters. The molecule has 0 N–H and O–H groups in total. The molecule has 450 valence electrons. The Bertz CT molecular complexity index is 1640. The summed E-state index contributed by atoms with van der Waals surface area (Å²) < 4.78 is 16.9. The summed E-state index contributed by atoms with van der Waals surface area (Å²) >= 11 is 0. The topological polar surface area (TPSA) is 78.9 Å². The highest BCUT2D eigenvalue weighted by atomic mass is 16.6. The van der Waals surface area contributed by atoms with Gasteiger partial charge in [0.1, 0.15) is 13.2 Å². The number of hydrogen-bond acceptors (Lipinski definition) is 6. The summed E-state index contributed by atoms with van der Waals surface area (Å²) in [6.45, 7) is 6.45. The maximum absolute atomic E-state index is 12.9. The van der Waals surface area contributed by atoms with Crippen molar-refractivity contribution in [1.29, 1.82) is 0 Å². The van der Waals surface area contributed by atoms with E-state index in [-0.39, 0.29) is 37.5 Å². The molecular weight excluding hydrogens is 973 g/mol. The van der Waals surface area contributed by atoms with E-state index >= 15 is 0 Å². The molecule has 0 fully saturated rings. The molecule has 0 rings (SSSR count). The van der Waals surface area contributed by atoms with E-state index in [2.05, 4.69) is 142 Å². The first kappa shape index (κ1) is 74.8. The number of hydrogen-bond donors (Lipinski definition) is 0. The van der Waals surface area contributed by atoms with Gasteiger partial charge in [0.25, 0.3) is 0 Å². The van der Waals surface area contributed by atoms with Gasteiger partial charge < -0.3 is 14.2 Å². The first-order valence-electron chi connectivity index (χ1n) is 33.0. The van der Waals surface area contributed by atoms with Gasteiger partial charge in [-0.15, -0.1) is 0 Å². The molecule has 0 spiro atoms. The Morgan fingerprint density at radius 2 is 0.506 bits per heavy atom. The number of carbonyl (C=O) groups is 3. The second-order valence-electron chi connectivity index (χ2n) is 21.6. The van der Waals surface area contributed by atoms with Gasteiger partial charge in [-0.1, -0.05) is 277 Å². The third-order valence-corrected chi connectivity index (χ3v) is 13.9. The maximum Gasteiger partial charge on any atom is 0.306 e. The Hall–Kier alpha value is -4.19. The quantitative estimate of drug-likeness (QED) is 0.0261. The summed E-state index contributed by atoms with van der Waals surface area (Å²) in [5.74, 6) is -0.964. The Morgan fingerprint density at radius 3 is 0.848 bits per heavy atom. The van der Waals surface area contributed by atoms with E-state index in [1.165, 1.54) is 161 Å². The van der Waals surface area contributed by atoms with Crippen LogP contribution in [0, 0.1) is 0 Å². The molecule has 1 atom stereocenters. The molecule has 0 aliphatic rings. The average Bonchev–Trinajstić information content (AvgIpc) is 3.45. The van der Waals surface area contributed by atoms with Crippen LogP contribution >= 0.6 is 0 Å². The highest BCUT2D eigenvalue weighted by molar-refractivity contribution is 5.71. The molecule has 0 bridgehead atoms. The summed E-state index contributed by atoms with van der Waals surface area (Å²) in [6.07, 6.45) is 92.1. The van der Waals surface area contributed by atoms with Crippen molar-refractivity contribution in [3.05, 3.63) is 122 Å². The van der Waals surface area contributed by atoms with E-state index in [1.807, 2.05) is 0 Å². The lowest BCUT2D eigenvalue weighted by atomic mass is 10.0. The fourth-order valence-corrected chi connectivity index (χ4v) is 8.99. The molecule has 6 nitrogen and oxygen atoms in total. The van der Waals surface area contributed by atoms with Crippen LogP contribution in [0.15, 0.2) is 122 Å². The summed E-state index contributed by atoms with van der Waals surface area (Å²) in [4.78, 5) is 38.4. The predicted molar refractivity (Wildman–Crippen MR) is 343 cm³/mol. The van der Waals surface area contributed by atoms with Crippen molar-refractivity contribution in [2.75, 3.05) is 13.2 Å². The molecule has 0 saturated heterocycles. The predicted octanol–water partition coefficient (Wildman–Crippen LogP) is 22.8. The van der Waals surface area contributed by atoms with Crippen LogP contribution in [0.4, 0.5) is 0 Å². The van der Waals surface area contributed by atoms with Crippen LogP contribution in [0.3, 0.4) is 0 Å². The Morgan fingerprint density at radius 1 is 0.266 bits per heavy atom. The number of ether oxygens (including phenoxy) is 3. The second kappa shape index (κ2) is 66.3. The van der Waals surface area contributed by atoms with Gasteiger partial charge >= 0.3 is 17.9 Å². The van der Waals surface area contributed by atoms with Crippen LogP contribution in [-0.4, -0.2) is 37.2 Å². The summed E-state index contributed by atoms with van der Waals surface area (Å²) in [7, 11) is 0. The lowest BCUT2D eigenvalue weighted by Gasteiger charge is -2.18. The van der Waals surface area contributed by atoms with Gasteiger partial charge in [-0.2, -0.15) is 0 Å². The first-order chi connectivity index (χ1) is 39.0. The molecule has 0 aliphatic heterocycles. The number of unbranched alkanes of at least 4 members (excludes halogenated alkanes) is 28. The molecule has 6 heteroatoms. The van der Waals surface area contributed by atoms with Crippen molar-refractivity contribution in [3.63, 3.8) is 0 Å². The smallest absolute Gasteiger partial charge is 0.306 e. The Kier molecular flexibility index (Phi) is 62.8. The van der Waals surface area contributed by atoms with Crippen LogP contribution in [-0.2, 0) is 28.6 Å². The van der Waals surface area contributed by atoms with Gasteiger partial charge in [-0.3, -0.25) is 14.4 Å². The van der Waals surface area contributed by atoms with Crippen LogP contribution < -0.4 is 0 Å². The minimum atomic E-state index is -0.810. The van der Waals surface area contributed by atoms with Crippen molar-refractivity contribution >= 4 is 17.9 Å². The Balaban J connectivity index is 4.44. The van der Waals surface area contributed by atoms with Crippen molar-refractivity contribution < 1.29 is 28.6 Å². The SMILES string of the molecule is CC/C=C\C/C=C\C/C=C\C/C=C\C/C=C\CCCC(=O)OCC(COC(=O)CCCCCCCCCCCC/C=C\C/C=C\C/C=C\CCCCCCC)OC(=O)CCCCCCCCCCC/C=C\C/C=C\CCCCC. The standard InChI is InChI=1S/C73H122O6/c1-4-7-10-13-16-19-22-25-28-31-33-34-35-36-37-38-40-42-45-48-51-54-57-60-63-66-72(75)78-69-70(68-77-71(74)65-62-59-56-53-50-47-44-41-30-27-24-21-18-15-12-9-6-3)79-73(76)67-64-61-58-55-52-49-46-43-39-32-29-26-23-20-17-14-11-8-5-2/h9,12,17-18,20-22,25-27,29-31,33,35-36,44,47,53,56,70H,4-8,10-11,13-16,19,23-24,28,32,34,37-43,45-46,48-52,54-55,57-69H2,1-3H3/b12-9-,20-17-,21-18-,25-22-,29-26-,30-27-,33-31-,36-35-,47-44-,56-53-. The fraction of sp³-hybridized carbons (Fsp3) is 0.685. The molecule has 0 amide bonds. The van der Waals surface area contributed by atoms with Crippen molar-refractivity contribution in [2.24, 2.45) is 0 Å². The number of allylic oxidation sites excluding steroid dienone is 20. The van der Waals surface area contributed by atoms with Gasteiger partial charge in [-0.05, 0) is 128 Å². The Labute approximate surface area is 488 Å². The molecular formula is C73H122O6. The van der Waals surface area contributed by atoms with Gasteiger partial charge in [-0.25, -0.2) is 0 Å². The third-order valence-electron chi connectivity index (χ3n) is 13.9. The minimum Gasteiger partial charge on any atom is -0.462 e. The average molecular weight is 1100 g/mol. The maximum atomic E-state index is 12.9. The molecule has 0 saturated carbocycles. The molecule has 0 aliphatic carbocycles. The summed E-state index contributed by atoms with van der Waals surface area (Å²) in [5, 5.41) is 0. The monoisotopic (exact) mass is 1090 g/mol. The summed E-state index contributed by atoms with van der Waals surface area (Å²) in [6, 6.07) is 0. The number of rotatable bonds is 59. The lowest BCUT2D eigenvalue weighted by Crippen LogP contribution is -2.30. The highest BCUT2D eigenvalue weighted by Crippen LogP contribution is 2.16. The van der Waals surface area contributed by atoms with E-state index in [1.54, 1.807) is 0 Å². The van der Waals surface area contributed by atoms with Crippen molar-refractivity contribution in [2.45, 2.75) is 309 Å². The van der Waals surface area contributed by atoms with Crippen LogP contribution in [0.5, 0.6) is 0 Å². The van der Waals surface area contributed by atoms with E-state index in [9.17, 15) is 14.4 Å². The zero-order valence-corrected chi connectivity index (χ0v) is 51.6. The van der Waals surface area contributed by atoms with Crippen molar-refractivity contribution in [3.8, 4) is 0 Å². The van der Waals surface area contributed by atoms with E-state index in [4.69, 9.17) is 14.2 Å². The highest BCUT2D eigenvalue weighted by Gasteiger charge is 2.19. The lowest BCUT2D eigenvalue weighted by molar-refractivity contribution is -0.167. The molecule has 0 radical (unpaired) electrons. The third kappa shape index (κ3) is 64.5. The van der Waals surface area contributed by atoms with Gasteiger partial charge in [0, 0.05) is 19.3 Å². The van der Waals surface area contributed by atoms with Crippen LogP contribution in [0.1, 0.15) is 303 Å².